The number of pyridine rings is 1. The standard InChI is InChI=1S/C14H15N3O/c15-12-4-1-3-11(9-12)6-7-14(18)17-13-5-2-8-16-10-13/h1-5,8-10H,6-7,15H2,(H,17,18). The van der Waals surface area contributed by atoms with Gasteiger partial charge in [0.25, 0.3) is 0 Å². The number of amides is 1. The van der Waals surface area contributed by atoms with E-state index in [1.165, 1.54) is 0 Å². The van der Waals surface area contributed by atoms with Gasteiger partial charge in [0.15, 0.2) is 0 Å². The second-order valence-corrected chi connectivity index (χ2v) is 4.03. The van der Waals surface area contributed by atoms with Crippen LogP contribution in [0.1, 0.15) is 12.0 Å². The molecular weight excluding hydrogens is 226 g/mol. The van der Waals surface area contributed by atoms with E-state index in [9.17, 15) is 4.79 Å². The molecule has 92 valence electrons. The van der Waals surface area contributed by atoms with E-state index in [1.807, 2.05) is 30.3 Å². The molecule has 0 unspecified atom stereocenters. The average molecular weight is 241 g/mol. The van der Waals surface area contributed by atoms with Crippen molar-refractivity contribution < 1.29 is 4.79 Å². The number of carbonyl (C=O) groups excluding carboxylic acids is 1. The van der Waals surface area contributed by atoms with Crippen molar-refractivity contribution in [2.24, 2.45) is 0 Å². The molecule has 2 aromatic rings. The largest absolute Gasteiger partial charge is 0.399 e. The predicted molar refractivity (Wildman–Crippen MR) is 72.0 cm³/mol. The third kappa shape index (κ3) is 3.59. The number of benzene rings is 1. The molecule has 1 aromatic heterocycles. The number of aromatic nitrogens is 1. The van der Waals surface area contributed by atoms with Crippen LogP contribution in [-0.4, -0.2) is 10.9 Å². The smallest absolute Gasteiger partial charge is 0.224 e. The molecule has 0 aliphatic heterocycles. The predicted octanol–water partition coefficient (Wildman–Crippen LogP) is 2.24. The highest BCUT2D eigenvalue weighted by molar-refractivity contribution is 5.90. The van der Waals surface area contributed by atoms with Crippen molar-refractivity contribution in [2.75, 3.05) is 11.1 Å². The van der Waals surface area contributed by atoms with E-state index < -0.39 is 0 Å². The van der Waals surface area contributed by atoms with Gasteiger partial charge in [-0.15, -0.1) is 0 Å². The summed E-state index contributed by atoms with van der Waals surface area (Å²) in [5, 5.41) is 2.79. The number of rotatable bonds is 4. The Morgan fingerprint density at radius 2 is 2.17 bits per heavy atom. The number of aryl methyl sites for hydroxylation is 1. The Bertz CT molecular complexity index is 526. The summed E-state index contributed by atoms with van der Waals surface area (Å²) in [5.41, 5.74) is 8.19. The van der Waals surface area contributed by atoms with Crippen LogP contribution in [0.2, 0.25) is 0 Å². The van der Waals surface area contributed by atoms with E-state index in [0.29, 0.717) is 12.8 Å². The second-order valence-electron chi connectivity index (χ2n) is 4.03. The summed E-state index contributed by atoms with van der Waals surface area (Å²) in [4.78, 5) is 15.6. The van der Waals surface area contributed by atoms with Crippen molar-refractivity contribution in [1.29, 1.82) is 0 Å². The van der Waals surface area contributed by atoms with Gasteiger partial charge >= 0.3 is 0 Å². The highest BCUT2D eigenvalue weighted by Crippen LogP contribution is 2.10. The lowest BCUT2D eigenvalue weighted by molar-refractivity contribution is -0.116. The molecule has 18 heavy (non-hydrogen) atoms. The molecule has 0 aliphatic rings. The van der Waals surface area contributed by atoms with Gasteiger partial charge in [0.1, 0.15) is 0 Å². The maximum absolute atomic E-state index is 11.7. The van der Waals surface area contributed by atoms with Gasteiger partial charge in [0, 0.05) is 18.3 Å². The molecular formula is C14H15N3O. The van der Waals surface area contributed by atoms with E-state index in [0.717, 1.165) is 16.9 Å². The fourth-order valence-electron chi connectivity index (χ4n) is 1.67. The molecule has 4 nitrogen and oxygen atoms in total. The molecule has 3 N–H and O–H groups in total. The van der Waals surface area contributed by atoms with Crippen molar-refractivity contribution in [1.82, 2.24) is 4.98 Å². The van der Waals surface area contributed by atoms with E-state index in [-0.39, 0.29) is 5.91 Å². The quantitative estimate of drug-likeness (QED) is 0.806. The van der Waals surface area contributed by atoms with Crippen LogP contribution in [0.4, 0.5) is 11.4 Å². The molecule has 0 bridgehead atoms. The Morgan fingerprint density at radius 3 is 2.89 bits per heavy atom. The SMILES string of the molecule is Nc1cccc(CCC(=O)Nc2cccnc2)c1. The summed E-state index contributed by atoms with van der Waals surface area (Å²) in [5.74, 6) is -0.0228. The maximum Gasteiger partial charge on any atom is 0.224 e. The Kier molecular flexibility index (Phi) is 3.91. The Balaban J connectivity index is 1.85. The van der Waals surface area contributed by atoms with Crippen LogP contribution in [0.5, 0.6) is 0 Å². The number of hydrogen-bond acceptors (Lipinski definition) is 3. The fraction of sp³-hybridized carbons (Fsp3) is 0.143. The maximum atomic E-state index is 11.7. The minimum absolute atomic E-state index is 0.0228. The van der Waals surface area contributed by atoms with Crippen LogP contribution in [-0.2, 0) is 11.2 Å². The summed E-state index contributed by atoms with van der Waals surface area (Å²) in [6.45, 7) is 0. The van der Waals surface area contributed by atoms with Crippen LogP contribution in [0.25, 0.3) is 0 Å². The summed E-state index contributed by atoms with van der Waals surface area (Å²) in [6.07, 6.45) is 4.40. The zero-order valence-electron chi connectivity index (χ0n) is 9.97. The third-order valence-electron chi connectivity index (χ3n) is 2.54. The number of carbonyl (C=O) groups is 1. The molecule has 4 heteroatoms. The lowest BCUT2D eigenvalue weighted by Crippen LogP contribution is -2.12. The lowest BCUT2D eigenvalue weighted by Gasteiger charge is -2.05. The van der Waals surface area contributed by atoms with Gasteiger partial charge < -0.3 is 11.1 Å². The zero-order chi connectivity index (χ0) is 12.8. The van der Waals surface area contributed by atoms with Gasteiger partial charge in [0.05, 0.1) is 11.9 Å². The first kappa shape index (κ1) is 12.1. The summed E-state index contributed by atoms with van der Waals surface area (Å²) in [7, 11) is 0. The van der Waals surface area contributed by atoms with Crippen LogP contribution in [0, 0.1) is 0 Å². The molecule has 2 rings (SSSR count). The van der Waals surface area contributed by atoms with Gasteiger partial charge in [0.2, 0.25) is 5.91 Å². The van der Waals surface area contributed by atoms with Gasteiger partial charge in [-0.2, -0.15) is 0 Å². The van der Waals surface area contributed by atoms with Crippen molar-refractivity contribution in [3.63, 3.8) is 0 Å². The Morgan fingerprint density at radius 1 is 1.28 bits per heavy atom. The van der Waals surface area contributed by atoms with E-state index in [2.05, 4.69) is 10.3 Å². The van der Waals surface area contributed by atoms with Crippen molar-refractivity contribution in [3.05, 3.63) is 54.4 Å². The highest BCUT2D eigenvalue weighted by atomic mass is 16.1. The van der Waals surface area contributed by atoms with Gasteiger partial charge in [-0.3, -0.25) is 9.78 Å². The molecule has 0 radical (unpaired) electrons. The van der Waals surface area contributed by atoms with Crippen molar-refractivity contribution >= 4 is 17.3 Å². The van der Waals surface area contributed by atoms with Gasteiger partial charge in [-0.05, 0) is 36.2 Å². The van der Waals surface area contributed by atoms with E-state index in [4.69, 9.17) is 5.73 Å². The molecule has 1 aromatic carbocycles. The van der Waals surface area contributed by atoms with Crippen LogP contribution >= 0.6 is 0 Å². The van der Waals surface area contributed by atoms with Crippen molar-refractivity contribution in [2.45, 2.75) is 12.8 Å². The molecule has 0 saturated carbocycles. The lowest BCUT2D eigenvalue weighted by atomic mass is 10.1. The normalized spacial score (nSPS) is 10.0. The second kappa shape index (κ2) is 5.82. The number of hydrogen-bond donors (Lipinski definition) is 2. The molecule has 0 saturated heterocycles. The van der Waals surface area contributed by atoms with Crippen LogP contribution in [0.3, 0.4) is 0 Å². The van der Waals surface area contributed by atoms with E-state index in [1.54, 1.807) is 18.5 Å². The topological polar surface area (TPSA) is 68.0 Å². The van der Waals surface area contributed by atoms with Gasteiger partial charge in [-0.1, -0.05) is 12.1 Å². The van der Waals surface area contributed by atoms with Crippen molar-refractivity contribution in [3.8, 4) is 0 Å². The number of nitrogens with two attached hydrogens (primary N) is 1. The Hall–Kier alpha value is -2.36. The number of nitrogens with one attached hydrogen (secondary N) is 1. The first-order chi connectivity index (χ1) is 8.74. The number of anilines is 2. The molecule has 1 heterocycles. The number of nitrogen functional groups attached to an aromatic ring is 1. The van der Waals surface area contributed by atoms with E-state index >= 15 is 0 Å². The first-order valence-electron chi connectivity index (χ1n) is 5.78. The Labute approximate surface area is 106 Å². The minimum Gasteiger partial charge on any atom is -0.399 e. The van der Waals surface area contributed by atoms with Gasteiger partial charge in [-0.25, -0.2) is 0 Å². The molecule has 0 aliphatic carbocycles. The fourth-order valence-corrected chi connectivity index (χ4v) is 1.67. The third-order valence-corrected chi connectivity index (χ3v) is 2.54. The summed E-state index contributed by atoms with van der Waals surface area (Å²) < 4.78 is 0. The average Bonchev–Trinajstić information content (AvgIpc) is 2.38. The first-order valence-corrected chi connectivity index (χ1v) is 5.78. The number of nitrogens with zero attached hydrogens (tertiary/aromatic N) is 1. The minimum atomic E-state index is -0.0228. The molecule has 0 atom stereocenters. The molecule has 1 amide bonds. The molecule has 0 fully saturated rings. The highest BCUT2D eigenvalue weighted by Gasteiger charge is 2.03. The molecule has 0 spiro atoms. The summed E-state index contributed by atoms with van der Waals surface area (Å²) in [6, 6.07) is 11.2. The van der Waals surface area contributed by atoms with Crippen LogP contribution in [0.15, 0.2) is 48.8 Å². The zero-order valence-corrected chi connectivity index (χ0v) is 9.97. The van der Waals surface area contributed by atoms with Crippen LogP contribution < -0.4 is 11.1 Å². The monoisotopic (exact) mass is 241 g/mol. The summed E-state index contributed by atoms with van der Waals surface area (Å²) >= 11 is 0.